The van der Waals surface area contributed by atoms with Gasteiger partial charge in [-0.05, 0) is 12.1 Å². The highest BCUT2D eigenvalue weighted by Crippen LogP contribution is 2.22. The summed E-state index contributed by atoms with van der Waals surface area (Å²) >= 11 is 1.30. The number of hydrogen-bond donors (Lipinski definition) is 1. The van der Waals surface area contributed by atoms with Gasteiger partial charge in [-0.1, -0.05) is 17.3 Å². The number of halogens is 1. The fraction of sp³-hybridized carbons (Fsp3) is 0.333. The van der Waals surface area contributed by atoms with Crippen LogP contribution < -0.4 is 0 Å². The molecule has 0 spiro atoms. The maximum Gasteiger partial charge on any atom is 0.136 e. The molecule has 0 fully saturated rings. The molecule has 0 aliphatic heterocycles. The van der Waals surface area contributed by atoms with Gasteiger partial charge in [-0.3, -0.25) is 4.68 Å². The SMILES string of the molecule is Cn1cc(CC(O)CSc2ccccc2F)nn1. The van der Waals surface area contributed by atoms with Crippen LogP contribution >= 0.6 is 11.8 Å². The monoisotopic (exact) mass is 267 g/mol. The number of aliphatic hydroxyl groups is 1. The van der Waals surface area contributed by atoms with Gasteiger partial charge in [0.05, 0.1) is 11.8 Å². The van der Waals surface area contributed by atoms with Gasteiger partial charge in [0.2, 0.25) is 0 Å². The normalized spacial score (nSPS) is 12.6. The third-order valence-corrected chi connectivity index (χ3v) is 3.56. The van der Waals surface area contributed by atoms with Crippen LogP contribution in [0.3, 0.4) is 0 Å². The fourth-order valence-electron chi connectivity index (χ4n) is 1.54. The lowest BCUT2D eigenvalue weighted by Gasteiger charge is -2.08. The first-order valence-corrected chi connectivity index (χ1v) is 6.54. The van der Waals surface area contributed by atoms with Crippen molar-refractivity contribution in [1.82, 2.24) is 15.0 Å². The van der Waals surface area contributed by atoms with Crippen molar-refractivity contribution in [1.29, 1.82) is 0 Å². The number of aryl methyl sites for hydroxylation is 1. The van der Waals surface area contributed by atoms with E-state index in [0.29, 0.717) is 17.1 Å². The standard InChI is InChI=1S/C12H14FN3OS/c1-16-7-9(14-15-16)6-10(17)8-18-12-5-3-2-4-11(12)13/h2-5,7,10,17H,6,8H2,1H3. The molecule has 1 heterocycles. The Morgan fingerprint density at radius 2 is 2.22 bits per heavy atom. The zero-order valence-corrected chi connectivity index (χ0v) is 10.8. The first-order chi connectivity index (χ1) is 8.65. The summed E-state index contributed by atoms with van der Waals surface area (Å²) in [5.74, 6) is 0.173. The first kappa shape index (κ1) is 13.0. The van der Waals surface area contributed by atoms with Crippen molar-refractivity contribution in [3.8, 4) is 0 Å². The molecule has 1 aromatic heterocycles. The maximum absolute atomic E-state index is 13.3. The Hall–Kier alpha value is -1.40. The minimum Gasteiger partial charge on any atom is -0.392 e. The Labute approximate surface area is 109 Å². The fourth-order valence-corrected chi connectivity index (χ4v) is 2.41. The zero-order chi connectivity index (χ0) is 13.0. The lowest BCUT2D eigenvalue weighted by atomic mass is 10.2. The van der Waals surface area contributed by atoms with Crippen molar-refractivity contribution in [3.63, 3.8) is 0 Å². The van der Waals surface area contributed by atoms with Gasteiger partial charge in [-0.2, -0.15) is 0 Å². The van der Waals surface area contributed by atoms with E-state index in [1.807, 2.05) is 0 Å². The van der Waals surface area contributed by atoms with E-state index in [1.165, 1.54) is 17.8 Å². The average molecular weight is 267 g/mol. The van der Waals surface area contributed by atoms with Crippen LogP contribution in [0, 0.1) is 5.82 Å². The smallest absolute Gasteiger partial charge is 0.136 e. The third-order valence-electron chi connectivity index (χ3n) is 2.36. The highest BCUT2D eigenvalue weighted by atomic mass is 32.2. The van der Waals surface area contributed by atoms with Gasteiger partial charge in [0, 0.05) is 30.3 Å². The number of thioether (sulfide) groups is 1. The van der Waals surface area contributed by atoms with Crippen molar-refractivity contribution in [3.05, 3.63) is 42.0 Å². The molecule has 1 atom stereocenters. The van der Waals surface area contributed by atoms with E-state index in [-0.39, 0.29) is 5.82 Å². The van der Waals surface area contributed by atoms with Gasteiger partial charge in [0.25, 0.3) is 0 Å². The lowest BCUT2D eigenvalue weighted by Crippen LogP contribution is -2.13. The molecule has 0 amide bonds. The molecule has 0 radical (unpaired) electrons. The Morgan fingerprint density at radius 1 is 1.44 bits per heavy atom. The number of aromatic nitrogens is 3. The summed E-state index contributed by atoms with van der Waals surface area (Å²) in [7, 11) is 1.77. The van der Waals surface area contributed by atoms with Crippen molar-refractivity contribution in [2.24, 2.45) is 7.05 Å². The van der Waals surface area contributed by atoms with Gasteiger partial charge in [0.15, 0.2) is 0 Å². The summed E-state index contributed by atoms with van der Waals surface area (Å²) in [5, 5.41) is 17.5. The van der Waals surface area contributed by atoms with Gasteiger partial charge >= 0.3 is 0 Å². The van der Waals surface area contributed by atoms with Crippen LogP contribution in [0.1, 0.15) is 5.69 Å². The van der Waals surface area contributed by atoms with Crippen LogP contribution in [0.4, 0.5) is 4.39 Å². The van der Waals surface area contributed by atoms with Gasteiger partial charge in [-0.25, -0.2) is 4.39 Å². The minimum atomic E-state index is -0.564. The largest absolute Gasteiger partial charge is 0.392 e. The van der Waals surface area contributed by atoms with Gasteiger partial charge in [0.1, 0.15) is 5.82 Å². The maximum atomic E-state index is 13.3. The van der Waals surface area contributed by atoms with E-state index < -0.39 is 6.10 Å². The topological polar surface area (TPSA) is 50.9 Å². The predicted octanol–water partition coefficient (Wildman–Crippen LogP) is 1.65. The molecule has 0 saturated heterocycles. The summed E-state index contributed by atoms with van der Waals surface area (Å²) in [4.78, 5) is 0.552. The van der Waals surface area contributed by atoms with Crippen molar-refractivity contribution in [2.75, 3.05) is 5.75 Å². The van der Waals surface area contributed by atoms with Crippen LogP contribution in [-0.4, -0.2) is 32.0 Å². The molecule has 1 aromatic carbocycles. The van der Waals surface area contributed by atoms with Crippen molar-refractivity contribution in [2.45, 2.75) is 17.4 Å². The molecule has 1 unspecified atom stereocenters. The van der Waals surface area contributed by atoms with E-state index in [1.54, 1.807) is 36.1 Å². The van der Waals surface area contributed by atoms with Crippen LogP contribution in [0.2, 0.25) is 0 Å². The molecule has 18 heavy (non-hydrogen) atoms. The molecule has 6 heteroatoms. The number of hydrogen-bond acceptors (Lipinski definition) is 4. The summed E-state index contributed by atoms with van der Waals surface area (Å²) in [6.45, 7) is 0. The second-order valence-corrected chi connectivity index (χ2v) is 5.04. The third kappa shape index (κ3) is 3.54. The van der Waals surface area contributed by atoms with E-state index in [4.69, 9.17) is 0 Å². The molecule has 96 valence electrons. The summed E-state index contributed by atoms with van der Waals surface area (Å²) < 4.78 is 14.9. The second kappa shape index (κ2) is 5.97. The first-order valence-electron chi connectivity index (χ1n) is 5.56. The Bertz CT molecular complexity index is 518. The second-order valence-electron chi connectivity index (χ2n) is 3.98. The average Bonchev–Trinajstić information content (AvgIpc) is 2.74. The van der Waals surface area contributed by atoms with E-state index >= 15 is 0 Å². The number of nitrogens with zero attached hydrogens (tertiary/aromatic N) is 3. The lowest BCUT2D eigenvalue weighted by molar-refractivity contribution is 0.199. The van der Waals surface area contributed by atoms with Crippen LogP contribution in [0.15, 0.2) is 35.4 Å². The van der Waals surface area contributed by atoms with E-state index in [0.717, 1.165) is 5.69 Å². The van der Waals surface area contributed by atoms with Crippen molar-refractivity contribution < 1.29 is 9.50 Å². The molecular formula is C12H14FN3OS. The summed E-state index contributed by atoms with van der Waals surface area (Å²) in [5.41, 5.74) is 0.735. The molecular weight excluding hydrogens is 253 g/mol. The molecule has 0 bridgehead atoms. The van der Waals surface area contributed by atoms with Crippen LogP contribution in [0.5, 0.6) is 0 Å². The predicted molar refractivity (Wildman–Crippen MR) is 67.8 cm³/mol. The quantitative estimate of drug-likeness (QED) is 0.837. The molecule has 2 rings (SSSR count). The molecule has 0 aliphatic carbocycles. The Morgan fingerprint density at radius 3 is 2.89 bits per heavy atom. The van der Waals surface area contributed by atoms with Gasteiger partial charge < -0.3 is 5.11 Å². The minimum absolute atomic E-state index is 0.255. The van der Waals surface area contributed by atoms with Crippen LogP contribution in [0.25, 0.3) is 0 Å². The summed E-state index contributed by atoms with van der Waals surface area (Å²) in [6, 6.07) is 6.54. The van der Waals surface area contributed by atoms with E-state index in [9.17, 15) is 9.50 Å². The number of benzene rings is 1. The molecule has 0 aliphatic rings. The molecule has 4 nitrogen and oxygen atoms in total. The number of rotatable bonds is 5. The number of aliphatic hydroxyl groups excluding tert-OH is 1. The van der Waals surface area contributed by atoms with Crippen LogP contribution in [-0.2, 0) is 13.5 Å². The molecule has 2 aromatic rings. The van der Waals surface area contributed by atoms with E-state index in [2.05, 4.69) is 10.3 Å². The highest BCUT2D eigenvalue weighted by Gasteiger charge is 2.10. The molecule has 1 N–H and O–H groups in total. The Balaban J connectivity index is 1.85. The Kier molecular flexibility index (Phi) is 4.33. The summed E-state index contributed by atoms with van der Waals surface area (Å²) in [6.07, 6.45) is 1.62. The van der Waals surface area contributed by atoms with Crippen molar-refractivity contribution >= 4 is 11.8 Å². The highest BCUT2D eigenvalue weighted by molar-refractivity contribution is 7.99. The molecule has 0 saturated carbocycles. The zero-order valence-electron chi connectivity index (χ0n) is 9.95. The van der Waals surface area contributed by atoms with Gasteiger partial charge in [-0.15, -0.1) is 16.9 Å².